The molecule has 12 heteroatoms. The lowest BCUT2D eigenvalue weighted by Gasteiger charge is -2.18. The Morgan fingerprint density at radius 3 is 1.67 bits per heavy atom. The number of carboxylic acid groups (broad SMARTS) is 1. The van der Waals surface area contributed by atoms with Crippen molar-refractivity contribution in [2.75, 3.05) is 19.8 Å². The molecule has 4 N–H and O–H groups in total. The Morgan fingerprint density at radius 2 is 1.12 bits per heavy atom. The van der Waals surface area contributed by atoms with E-state index in [1.165, 1.54) is 19.3 Å². The van der Waals surface area contributed by atoms with Gasteiger partial charge in [0.1, 0.15) is 12.7 Å². The van der Waals surface area contributed by atoms with E-state index in [0.717, 1.165) is 89.9 Å². The van der Waals surface area contributed by atoms with Crippen LogP contribution < -0.4 is 5.32 Å². The summed E-state index contributed by atoms with van der Waals surface area (Å²) >= 11 is 0. The minimum Gasteiger partial charge on any atom is -0.480 e. The van der Waals surface area contributed by atoms with Crippen molar-refractivity contribution in [2.24, 2.45) is 0 Å². The molecule has 0 aliphatic carbocycles. The van der Waals surface area contributed by atoms with Crippen molar-refractivity contribution >= 4 is 25.7 Å². The first kappa shape index (κ1) is 48.4. The molecule has 0 heterocycles. The number of amides is 1. The van der Waals surface area contributed by atoms with Crippen LogP contribution in [-0.2, 0) is 32.7 Å². The topological polar surface area (TPSA) is 169 Å². The Morgan fingerprint density at radius 1 is 0.627 bits per heavy atom. The maximum Gasteiger partial charge on any atom is 0.472 e. The molecular formula is C39H68NO10P. The monoisotopic (exact) mass is 741 g/mol. The predicted octanol–water partition coefficient (Wildman–Crippen LogP) is 9.05. The maximum atomic E-state index is 12.2. The summed E-state index contributed by atoms with van der Waals surface area (Å²) in [4.78, 5) is 45.7. The number of aliphatic hydroxyl groups is 1. The van der Waals surface area contributed by atoms with E-state index in [1.54, 1.807) is 0 Å². The fraction of sp³-hybridized carbons (Fsp3) is 0.718. The van der Waals surface area contributed by atoms with Crippen molar-refractivity contribution in [3.63, 3.8) is 0 Å². The van der Waals surface area contributed by atoms with Crippen LogP contribution >= 0.6 is 7.82 Å². The highest BCUT2D eigenvalue weighted by atomic mass is 31.2. The number of rotatable bonds is 35. The zero-order chi connectivity index (χ0) is 37.8. The average molecular weight is 742 g/mol. The largest absolute Gasteiger partial charge is 0.480 e. The van der Waals surface area contributed by atoms with Crippen LogP contribution in [0.25, 0.3) is 0 Å². The summed E-state index contributed by atoms with van der Waals surface area (Å²) in [5.41, 5.74) is 0. The molecule has 51 heavy (non-hydrogen) atoms. The molecule has 0 fully saturated rings. The van der Waals surface area contributed by atoms with Gasteiger partial charge in [0.05, 0.1) is 13.2 Å². The number of carboxylic acids is 1. The van der Waals surface area contributed by atoms with E-state index < -0.39 is 57.6 Å². The van der Waals surface area contributed by atoms with Gasteiger partial charge in [-0.1, -0.05) is 120 Å². The van der Waals surface area contributed by atoms with Gasteiger partial charge < -0.3 is 25.2 Å². The van der Waals surface area contributed by atoms with Gasteiger partial charge >= 0.3 is 19.8 Å². The fourth-order valence-electron chi connectivity index (χ4n) is 4.78. The molecule has 1 amide bonds. The van der Waals surface area contributed by atoms with Crippen LogP contribution in [0.3, 0.4) is 0 Å². The molecule has 0 aliphatic rings. The quantitative estimate of drug-likeness (QED) is 0.0213. The highest BCUT2D eigenvalue weighted by Gasteiger charge is 2.28. The number of carbonyl (C=O) groups excluding carboxylic acids is 2. The van der Waals surface area contributed by atoms with Gasteiger partial charge in [-0.3, -0.25) is 18.6 Å². The average Bonchev–Trinajstić information content (AvgIpc) is 3.10. The van der Waals surface area contributed by atoms with Crippen LogP contribution in [-0.4, -0.2) is 64.9 Å². The van der Waals surface area contributed by atoms with E-state index in [-0.39, 0.29) is 12.8 Å². The Kier molecular flexibility index (Phi) is 32.8. The van der Waals surface area contributed by atoms with Gasteiger partial charge in [0, 0.05) is 12.8 Å². The molecule has 0 aromatic heterocycles. The van der Waals surface area contributed by atoms with Crippen LogP contribution in [0.4, 0.5) is 0 Å². The van der Waals surface area contributed by atoms with Gasteiger partial charge in [0.15, 0.2) is 6.04 Å². The number of hydrogen-bond acceptors (Lipinski definition) is 8. The number of unbranched alkanes of at least 4 members (excludes halogenated alkanes) is 13. The minimum absolute atomic E-state index is 0.127. The molecule has 11 nitrogen and oxygen atoms in total. The first-order valence-electron chi connectivity index (χ1n) is 19.2. The normalized spacial score (nSPS) is 14.4. The van der Waals surface area contributed by atoms with Gasteiger partial charge in [-0.05, 0) is 64.2 Å². The number of esters is 1. The zero-order valence-corrected chi connectivity index (χ0v) is 32.3. The number of aliphatic hydroxyl groups excluding tert-OH is 1. The molecule has 0 saturated carbocycles. The molecule has 0 aromatic rings. The van der Waals surface area contributed by atoms with Gasteiger partial charge in [-0.15, -0.1) is 0 Å². The van der Waals surface area contributed by atoms with Crippen molar-refractivity contribution in [3.8, 4) is 0 Å². The summed E-state index contributed by atoms with van der Waals surface area (Å²) in [5.74, 6) is -2.42. The lowest BCUT2D eigenvalue weighted by atomic mass is 10.1. The number of phosphoric acid groups is 1. The molecule has 294 valence electrons. The van der Waals surface area contributed by atoms with E-state index in [4.69, 9.17) is 13.8 Å². The summed E-state index contributed by atoms with van der Waals surface area (Å²) < 4.78 is 26.7. The number of aliphatic carboxylic acids is 1. The van der Waals surface area contributed by atoms with E-state index in [2.05, 4.69) is 67.8 Å². The number of hydrogen-bond donors (Lipinski definition) is 4. The van der Waals surface area contributed by atoms with E-state index in [1.807, 2.05) is 0 Å². The number of carbonyl (C=O) groups is 3. The number of allylic oxidation sites excluding steroid dienone is 8. The third-order valence-corrected chi connectivity index (χ3v) is 8.77. The van der Waals surface area contributed by atoms with Crippen LogP contribution in [0.1, 0.15) is 149 Å². The molecule has 0 rings (SSSR count). The molecule has 3 atom stereocenters. The molecule has 0 aromatic carbocycles. The first-order valence-corrected chi connectivity index (χ1v) is 20.7. The molecule has 3 unspecified atom stereocenters. The van der Waals surface area contributed by atoms with Crippen LogP contribution in [0.2, 0.25) is 0 Å². The Bertz CT molecular complexity index is 1060. The fourth-order valence-corrected chi connectivity index (χ4v) is 5.55. The van der Waals surface area contributed by atoms with Crippen molar-refractivity contribution in [1.29, 1.82) is 0 Å². The second-order valence-corrected chi connectivity index (χ2v) is 14.2. The highest BCUT2D eigenvalue weighted by molar-refractivity contribution is 7.47. The molecular weight excluding hydrogens is 673 g/mol. The number of phosphoric ester groups is 1. The van der Waals surface area contributed by atoms with Gasteiger partial charge in [-0.2, -0.15) is 0 Å². The first-order chi connectivity index (χ1) is 24.6. The van der Waals surface area contributed by atoms with E-state index >= 15 is 0 Å². The van der Waals surface area contributed by atoms with Gasteiger partial charge in [0.25, 0.3) is 0 Å². The smallest absolute Gasteiger partial charge is 0.472 e. The summed E-state index contributed by atoms with van der Waals surface area (Å²) in [7, 11) is -4.76. The molecule has 0 radical (unpaired) electrons. The van der Waals surface area contributed by atoms with Crippen LogP contribution in [0.5, 0.6) is 0 Å². The Labute approximate surface area is 307 Å². The van der Waals surface area contributed by atoms with E-state index in [0.29, 0.717) is 12.8 Å². The zero-order valence-electron chi connectivity index (χ0n) is 31.4. The van der Waals surface area contributed by atoms with Crippen molar-refractivity contribution in [2.45, 2.75) is 161 Å². The molecule has 0 bridgehead atoms. The summed E-state index contributed by atoms with van der Waals surface area (Å²) in [5, 5.41) is 21.7. The lowest BCUT2D eigenvalue weighted by molar-refractivity contribution is -0.147. The van der Waals surface area contributed by atoms with Crippen molar-refractivity contribution in [1.82, 2.24) is 5.32 Å². The van der Waals surface area contributed by atoms with Gasteiger partial charge in [0.2, 0.25) is 5.91 Å². The van der Waals surface area contributed by atoms with Crippen LogP contribution in [0, 0.1) is 0 Å². The Balaban J connectivity index is 4.01. The standard InChI is InChI=1S/C39H68NO10P/c1-3-5-7-9-11-13-15-17-19-20-22-24-26-28-30-37(42)40-36(39(44)45)34-50-51(46,47)49-33-35(41)32-48-38(43)31-29-27-25-23-21-18-16-14-12-10-8-6-4-2/h8-11,14-17,35-36,41H,3-7,12-13,18-34H2,1-2H3,(H,40,42)(H,44,45)(H,46,47)/b10-8-,11-9-,16-14-,17-15-. The van der Waals surface area contributed by atoms with E-state index in [9.17, 15) is 34.1 Å². The van der Waals surface area contributed by atoms with Crippen LogP contribution in [0.15, 0.2) is 48.6 Å². The number of nitrogens with one attached hydrogen (secondary N) is 1. The SMILES string of the molecule is CCC/C=C\C/C=C\CCCCCCCC(=O)OCC(O)COP(=O)(O)OCC(NC(=O)CCCCCCC/C=C\C/C=C\CCCC)C(=O)O. The highest BCUT2D eigenvalue weighted by Crippen LogP contribution is 2.43. The van der Waals surface area contributed by atoms with Crippen molar-refractivity contribution < 1.29 is 47.8 Å². The maximum absolute atomic E-state index is 12.2. The predicted molar refractivity (Wildman–Crippen MR) is 203 cm³/mol. The summed E-state index contributed by atoms with van der Waals surface area (Å²) in [6, 6.07) is -1.56. The molecule has 0 aliphatic heterocycles. The number of ether oxygens (including phenoxy) is 1. The Hall–Kier alpha value is -2.56. The van der Waals surface area contributed by atoms with Gasteiger partial charge in [-0.25, -0.2) is 9.36 Å². The summed E-state index contributed by atoms with van der Waals surface area (Å²) in [6.07, 6.45) is 35.7. The second kappa shape index (κ2) is 34.5. The second-order valence-electron chi connectivity index (χ2n) is 12.8. The third kappa shape index (κ3) is 34.3. The minimum atomic E-state index is -4.76. The summed E-state index contributed by atoms with van der Waals surface area (Å²) in [6.45, 7) is 2.43. The molecule has 0 spiro atoms. The third-order valence-electron chi connectivity index (χ3n) is 7.82. The van der Waals surface area contributed by atoms with Crippen molar-refractivity contribution in [3.05, 3.63) is 48.6 Å². The lowest BCUT2D eigenvalue weighted by Crippen LogP contribution is -2.43. The molecule has 0 saturated heterocycles.